The molecule has 0 saturated carbocycles. The molecule has 0 fully saturated rings. The second kappa shape index (κ2) is 16.9. The van der Waals surface area contributed by atoms with Crippen molar-refractivity contribution in [1.82, 2.24) is 0 Å². The van der Waals surface area contributed by atoms with Gasteiger partial charge in [0.2, 0.25) is 0 Å². The van der Waals surface area contributed by atoms with Crippen LogP contribution in [0.4, 0.5) is 0 Å². The Bertz CT molecular complexity index is 1110. The van der Waals surface area contributed by atoms with E-state index < -0.39 is 8.80 Å². The number of fused-ring (bicyclic) bond motifs is 5. The molecule has 3 nitrogen and oxygen atoms in total. The van der Waals surface area contributed by atoms with Crippen molar-refractivity contribution < 1.29 is 13.3 Å². The molecule has 0 unspecified atom stereocenters. The van der Waals surface area contributed by atoms with Crippen LogP contribution in [0.5, 0.6) is 0 Å². The Morgan fingerprint density at radius 3 is 1.95 bits per heavy atom. The van der Waals surface area contributed by atoms with E-state index in [1.54, 1.807) is 0 Å². The van der Waals surface area contributed by atoms with Gasteiger partial charge in [-0.25, -0.2) is 0 Å². The molecule has 0 saturated heterocycles. The Kier molecular flexibility index (Phi) is 13.6. The second-order valence-electron chi connectivity index (χ2n) is 10.2. The van der Waals surface area contributed by atoms with Crippen LogP contribution in [-0.2, 0) is 19.7 Å². The molecule has 3 aromatic carbocycles. The monoisotopic (exact) mass is 534 g/mol. The summed E-state index contributed by atoms with van der Waals surface area (Å²) in [6.45, 7) is 10.4. The molecule has 4 rings (SSSR count). The fourth-order valence-electron chi connectivity index (χ4n) is 5.49. The maximum atomic E-state index is 5.86. The van der Waals surface area contributed by atoms with Crippen molar-refractivity contribution in [2.24, 2.45) is 0 Å². The average molecular weight is 535 g/mol. The molecule has 0 spiro atoms. The molecule has 0 amide bonds. The van der Waals surface area contributed by atoms with Crippen LogP contribution in [0.3, 0.4) is 0 Å². The van der Waals surface area contributed by atoms with Crippen LogP contribution in [0.15, 0.2) is 54.6 Å². The van der Waals surface area contributed by atoms with Crippen molar-refractivity contribution in [3.8, 4) is 0 Å². The van der Waals surface area contributed by atoms with Gasteiger partial charge in [-0.05, 0) is 72.7 Å². The lowest BCUT2D eigenvalue weighted by Gasteiger charge is -2.28. The quantitative estimate of drug-likeness (QED) is 0.110. The highest BCUT2D eigenvalue weighted by Gasteiger charge is 2.39. The predicted molar refractivity (Wildman–Crippen MR) is 167 cm³/mol. The van der Waals surface area contributed by atoms with Gasteiger partial charge in [-0.1, -0.05) is 113 Å². The minimum absolute atomic E-state index is 0.684. The summed E-state index contributed by atoms with van der Waals surface area (Å²) in [6.07, 6.45) is 17.6. The predicted octanol–water partition coefficient (Wildman–Crippen LogP) is 10.1. The molecule has 1 aliphatic rings. The number of hydrogen-bond donors (Lipinski definition) is 0. The van der Waals surface area contributed by atoms with Crippen molar-refractivity contribution >= 4 is 36.4 Å². The van der Waals surface area contributed by atoms with Crippen molar-refractivity contribution in [2.75, 3.05) is 19.8 Å². The van der Waals surface area contributed by atoms with Crippen LogP contribution in [0, 0.1) is 0 Å². The molecule has 0 aromatic heterocycles. The Morgan fingerprint density at radius 2 is 1.26 bits per heavy atom. The van der Waals surface area contributed by atoms with Gasteiger partial charge < -0.3 is 13.3 Å². The zero-order valence-corrected chi connectivity index (χ0v) is 25.4. The highest BCUT2D eigenvalue weighted by Crippen LogP contribution is 2.32. The molecule has 1 aliphatic carbocycles. The maximum Gasteiger partial charge on any atom is 0.500 e. The topological polar surface area (TPSA) is 27.7 Å². The van der Waals surface area contributed by atoms with E-state index in [4.69, 9.17) is 13.3 Å². The Balaban J connectivity index is 0.000000211. The molecule has 0 bridgehead atoms. The first-order chi connectivity index (χ1) is 18.7. The largest absolute Gasteiger partial charge is 0.500 e. The lowest BCUT2D eigenvalue weighted by atomic mass is 9.90. The van der Waals surface area contributed by atoms with E-state index in [1.165, 1.54) is 96.9 Å². The number of allylic oxidation sites excluding steroid dienone is 1. The van der Waals surface area contributed by atoms with Gasteiger partial charge in [0.1, 0.15) is 0 Å². The van der Waals surface area contributed by atoms with Gasteiger partial charge in [0.05, 0.1) is 0 Å². The summed E-state index contributed by atoms with van der Waals surface area (Å²) in [6, 6.07) is 18.7. The van der Waals surface area contributed by atoms with Gasteiger partial charge >= 0.3 is 8.80 Å². The number of benzene rings is 3. The standard InChI is InChI=1S/C18H14.C16H36O3Si/c1-3-7-15-13(5-1)9-11-18-16-8-4-2-6-14(16)10-12-17(15)18;1-5-9-10-11-12-13-14-15-16-20(17-6-2,18-7-3)19-8-4/h1,3-5,7-12H,2,6H2;5-16H2,1-4H3. The lowest BCUT2D eigenvalue weighted by molar-refractivity contribution is 0.0706. The first-order valence-electron chi connectivity index (χ1n) is 15.2. The van der Waals surface area contributed by atoms with E-state index in [1.807, 2.05) is 20.8 Å². The van der Waals surface area contributed by atoms with E-state index in [0.717, 1.165) is 6.04 Å². The van der Waals surface area contributed by atoms with Gasteiger partial charge in [0, 0.05) is 25.9 Å². The van der Waals surface area contributed by atoms with Gasteiger partial charge in [0.15, 0.2) is 0 Å². The number of hydrogen-bond acceptors (Lipinski definition) is 3. The molecular weight excluding hydrogens is 484 g/mol. The molecule has 38 heavy (non-hydrogen) atoms. The first kappa shape index (κ1) is 30.6. The molecule has 4 heteroatoms. The zero-order valence-electron chi connectivity index (χ0n) is 24.4. The van der Waals surface area contributed by atoms with E-state index in [9.17, 15) is 0 Å². The fraction of sp³-hybridized carbons (Fsp3) is 0.529. The van der Waals surface area contributed by atoms with Crippen molar-refractivity contribution in [1.29, 1.82) is 0 Å². The summed E-state index contributed by atoms with van der Waals surface area (Å²) in [5.74, 6) is 0. The summed E-state index contributed by atoms with van der Waals surface area (Å²) in [7, 11) is -2.38. The molecule has 0 radical (unpaired) electrons. The van der Waals surface area contributed by atoms with Crippen LogP contribution < -0.4 is 0 Å². The van der Waals surface area contributed by atoms with Crippen LogP contribution in [0.25, 0.3) is 27.6 Å². The minimum atomic E-state index is -2.38. The Morgan fingerprint density at radius 1 is 0.632 bits per heavy atom. The van der Waals surface area contributed by atoms with Gasteiger partial charge in [-0.2, -0.15) is 0 Å². The molecule has 0 N–H and O–H groups in total. The molecular formula is C34H50O3Si. The van der Waals surface area contributed by atoms with Crippen LogP contribution >= 0.6 is 0 Å². The van der Waals surface area contributed by atoms with E-state index in [0.29, 0.717) is 19.8 Å². The van der Waals surface area contributed by atoms with E-state index >= 15 is 0 Å². The summed E-state index contributed by atoms with van der Waals surface area (Å²) >= 11 is 0. The number of aryl methyl sites for hydroxylation is 1. The zero-order chi connectivity index (χ0) is 27.1. The third kappa shape index (κ3) is 8.77. The Hall–Kier alpha value is -1.98. The minimum Gasteiger partial charge on any atom is -0.374 e. The van der Waals surface area contributed by atoms with Crippen LogP contribution in [0.1, 0.15) is 96.6 Å². The summed E-state index contributed by atoms with van der Waals surface area (Å²) in [5, 5.41) is 5.45. The number of unbranched alkanes of at least 4 members (excludes halogenated alkanes) is 7. The molecule has 0 atom stereocenters. The molecule has 3 aromatic rings. The summed E-state index contributed by atoms with van der Waals surface area (Å²) in [5.41, 5.74) is 2.91. The van der Waals surface area contributed by atoms with E-state index in [-0.39, 0.29) is 0 Å². The lowest BCUT2D eigenvalue weighted by Crippen LogP contribution is -2.45. The molecule has 0 aliphatic heterocycles. The summed E-state index contributed by atoms with van der Waals surface area (Å²) in [4.78, 5) is 0. The van der Waals surface area contributed by atoms with Crippen LogP contribution in [-0.4, -0.2) is 28.6 Å². The van der Waals surface area contributed by atoms with Crippen molar-refractivity contribution in [3.63, 3.8) is 0 Å². The molecule has 0 heterocycles. The second-order valence-corrected chi connectivity index (χ2v) is 12.9. The van der Waals surface area contributed by atoms with E-state index in [2.05, 4.69) is 67.6 Å². The normalized spacial score (nSPS) is 12.9. The third-order valence-electron chi connectivity index (χ3n) is 7.35. The van der Waals surface area contributed by atoms with Gasteiger partial charge in [-0.3, -0.25) is 0 Å². The summed E-state index contributed by atoms with van der Waals surface area (Å²) < 4.78 is 17.6. The average Bonchev–Trinajstić information content (AvgIpc) is 2.95. The van der Waals surface area contributed by atoms with Crippen LogP contribution in [0.2, 0.25) is 6.04 Å². The number of rotatable bonds is 15. The maximum absolute atomic E-state index is 5.86. The first-order valence-corrected chi connectivity index (χ1v) is 17.1. The Labute approximate surface area is 232 Å². The van der Waals surface area contributed by atoms with Gasteiger partial charge in [0.25, 0.3) is 0 Å². The highest BCUT2D eigenvalue weighted by atomic mass is 28.4. The van der Waals surface area contributed by atoms with Crippen molar-refractivity contribution in [3.05, 3.63) is 65.7 Å². The highest BCUT2D eigenvalue weighted by molar-refractivity contribution is 6.60. The van der Waals surface area contributed by atoms with Gasteiger partial charge in [-0.15, -0.1) is 0 Å². The third-order valence-corrected chi connectivity index (χ3v) is 10.5. The van der Waals surface area contributed by atoms with Crippen molar-refractivity contribution in [2.45, 2.75) is 97.9 Å². The smallest absolute Gasteiger partial charge is 0.374 e. The SMILES string of the molecule is C1=Cc2c(ccc3c2ccc2ccccc23)CC1.CCCCCCCCCC[Si](OCC)(OCC)OCC. The molecule has 208 valence electrons. The fourth-order valence-corrected chi connectivity index (χ4v) is 8.17.